The second kappa shape index (κ2) is 8.12. The van der Waals surface area contributed by atoms with Crippen molar-refractivity contribution in [1.82, 2.24) is 9.80 Å². The first-order valence-electron chi connectivity index (χ1n) is 7.53. The van der Waals surface area contributed by atoms with Gasteiger partial charge in [-0.3, -0.25) is 9.69 Å². The Kier molecular flexibility index (Phi) is 6.17. The Hall–Kier alpha value is -1.43. The monoisotopic (exact) mass is 291 g/mol. The maximum Gasteiger partial charge on any atom is 0.244 e. The Labute approximate surface area is 126 Å². The Morgan fingerprint density at radius 1 is 1.24 bits per heavy atom. The minimum absolute atomic E-state index is 0.0230. The minimum atomic E-state index is -0.559. The molecule has 1 atom stereocenters. The van der Waals surface area contributed by atoms with Gasteiger partial charge in [-0.25, -0.2) is 0 Å². The Morgan fingerprint density at radius 2 is 2.00 bits per heavy atom. The zero-order valence-corrected chi connectivity index (χ0v) is 12.7. The van der Waals surface area contributed by atoms with Gasteiger partial charge in [-0.2, -0.15) is 0 Å². The zero-order chi connectivity index (χ0) is 15.1. The van der Waals surface area contributed by atoms with Gasteiger partial charge < -0.3 is 15.4 Å². The number of hydrogen-bond donors (Lipinski definition) is 1. The van der Waals surface area contributed by atoms with E-state index in [4.69, 9.17) is 10.5 Å². The van der Waals surface area contributed by atoms with Crippen LogP contribution in [0, 0.1) is 0 Å². The molecule has 2 N–H and O–H groups in total. The summed E-state index contributed by atoms with van der Waals surface area (Å²) in [7, 11) is 1.71. The lowest BCUT2D eigenvalue weighted by Gasteiger charge is -2.24. The van der Waals surface area contributed by atoms with Crippen LogP contribution in [0.25, 0.3) is 0 Å². The van der Waals surface area contributed by atoms with Crippen molar-refractivity contribution < 1.29 is 9.53 Å². The molecule has 1 aromatic rings. The molecule has 1 aliphatic heterocycles. The first kappa shape index (κ1) is 15.9. The second-order valence-corrected chi connectivity index (χ2v) is 5.40. The quantitative estimate of drug-likeness (QED) is 0.874. The molecule has 0 aromatic heterocycles. The third kappa shape index (κ3) is 4.52. The first-order chi connectivity index (χ1) is 10.2. The van der Waals surface area contributed by atoms with Crippen LogP contribution in [0.2, 0.25) is 0 Å². The van der Waals surface area contributed by atoms with Crippen LogP contribution in [0.1, 0.15) is 18.0 Å². The Bertz CT molecular complexity index is 438. The van der Waals surface area contributed by atoms with Crippen molar-refractivity contribution >= 4 is 5.91 Å². The summed E-state index contributed by atoms with van der Waals surface area (Å²) in [6, 6.07) is 9.02. The standard InChI is InChI=1S/C16H25N3O2/c1-21-13-12-18-8-5-9-19(11-10-18)16(20)15(17)14-6-3-2-4-7-14/h2-4,6-7,15H,5,8-13,17H2,1H3. The number of benzene rings is 1. The van der Waals surface area contributed by atoms with Crippen LogP contribution in [0.5, 0.6) is 0 Å². The SMILES string of the molecule is COCCN1CCCN(C(=O)C(N)c2ccccc2)CC1. The molecule has 2 rings (SSSR count). The number of amides is 1. The van der Waals surface area contributed by atoms with E-state index >= 15 is 0 Å². The van der Waals surface area contributed by atoms with Crippen LogP contribution in [0.3, 0.4) is 0 Å². The molecule has 0 spiro atoms. The van der Waals surface area contributed by atoms with Crippen LogP contribution < -0.4 is 5.73 Å². The minimum Gasteiger partial charge on any atom is -0.383 e. The number of nitrogens with zero attached hydrogens (tertiary/aromatic N) is 2. The van der Waals surface area contributed by atoms with Crippen molar-refractivity contribution in [3.63, 3.8) is 0 Å². The van der Waals surface area contributed by atoms with Gasteiger partial charge in [0.05, 0.1) is 6.61 Å². The van der Waals surface area contributed by atoms with Gasteiger partial charge in [-0.1, -0.05) is 30.3 Å². The summed E-state index contributed by atoms with van der Waals surface area (Å²) in [6.45, 7) is 5.07. The predicted molar refractivity (Wildman–Crippen MR) is 82.9 cm³/mol. The van der Waals surface area contributed by atoms with Gasteiger partial charge in [0.1, 0.15) is 6.04 Å². The molecule has 1 unspecified atom stereocenters. The summed E-state index contributed by atoms with van der Waals surface area (Å²) in [6.07, 6.45) is 0.983. The van der Waals surface area contributed by atoms with Crippen molar-refractivity contribution in [2.45, 2.75) is 12.5 Å². The highest BCUT2D eigenvalue weighted by molar-refractivity contribution is 5.83. The highest BCUT2D eigenvalue weighted by Crippen LogP contribution is 2.14. The van der Waals surface area contributed by atoms with Crippen LogP contribution in [-0.2, 0) is 9.53 Å². The van der Waals surface area contributed by atoms with Crippen molar-refractivity contribution in [3.8, 4) is 0 Å². The molecule has 0 bridgehead atoms. The van der Waals surface area contributed by atoms with E-state index in [1.165, 1.54) is 0 Å². The number of carbonyl (C=O) groups is 1. The summed E-state index contributed by atoms with van der Waals surface area (Å²) in [4.78, 5) is 16.8. The molecule has 5 nitrogen and oxygen atoms in total. The van der Waals surface area contributed by atoms with Crippen molar-refractivity contribution in [1.29, 1.82) is 0 Å². The molecule has 21 heavy (non-hydrogen) atoms. The number of methoxy groups -OCH3 is 1. The molecule has 5 heteroatoms. The summed E-state index contributed by atoms with van der Waals surface area (Å²) in [5.74, 6) is 0.0230. The van der Waals surface area contributed by atoms with E-state index in [1.54, 1.807) is 7.11 Å². The Balaban J connectivity index is 1.91. The molecular formula is C16H25N3O2. The maximum absolute atomic E-state index is 12.5. The highest BCUT2D eigenvalue weighted by Gasteiger charge is 2.24. The lowest BCUT2D eigenvalue weighted by Crippen LogP contribution is -2.41. The average molecular weight is 291 g/mol. The molecular weight excluding hydrogens is 266 g/mol. The smallest absolute Gasteiger partial charge is 0.244 e. The van der Waals surface area contributed by atoms with E-state index in [9.17, 15) is 4.79 Å². The maximum atomic E-state index is 12.5. The number of nitrogens with two attached hydrogens (primary N) is 1. The van der Waals surface area contributed by atoms with E-state index in [0.29, 0.717) is 0 Å². The highest BCUT2D eigenvalue weighted by atomic mass is 16.5. The third-order valence-corrected chi connectivity index (χ3v) is 3.94. The molecule has 0 saturated carbocycles. The fourth-order valence-corrected chi connectivity index (χ4v) is 2.63. The molecule has 1 fully saturated rings. The third-order valence-electron chi connectivity index (χ3n) is 3.94. The number of hydrogen-bond acceptors (Lipinski definition) is 4. The molecule has 0 aliphatic carbocycles. The fourth-order valence-electron chi connectivity index (χ4n) is 2.63. The fraction of sp³-hybridized carbons (Fsp3) is 0.562. The molecule has 1 amide bonds. The van der Waals surface area contributed by atoms with Crippen molar-refractivity contribution in [3.05, 3.63) is 35.9 Å². The van der Waals surface area contributed by atoms with Gasteiger partial charge in [-0.05, 0) is 18.5 Å². The van der Waals surface area contributed by atoms with E-state index in [-0.39, 0.29) is 5.91 Å². The van der Waals surface area contributed by atoms with E-state index in [2.05, 4.69) is 4.90 Å². The van der Waals surface area contributed by atoms with Gasteiger partial charge in [0.2, 0.25) is 5.91 Å². The second-order valence-electron chi connectivity index (χ2n) is 5.40. The molecule has 1 aromatic carbocycles. The number of ether oxygens (including phenoxy) is 1. The Morgan fingerprint density at radius 3 is 2.71 bits per heavy atom. The van der Waals surface area contributed by atoms with Crippen LogP contribution in [0.15, 0.2) is 30.3 Å². The van der Waals surface area contributed by atoms with Crippen LogP contribution >= 0.6 is 0 Å². The van der Waals surface area contributed by atoms with E-state index < -0.39 is 6.04 Å². The normalized spacial score (nSPS) is 18.3. The topological polar surface area (TPSA) is 58.8 Å². The lowest BCUT2D eigenvalue weighted by molar-refractivity contribution is -0.132. The van der Waals surface area contributed by atoms with Gasteiger partial charge in [0.25, 0.3) is 0 Å². The van der Waals surface area contributed by atoms with Crippen molar-refractivity contribution in [2.24, 2.45) is 5.73 Å². The largest absolute Gasteiger partial charge is 0.383 e. The summed E-state index contributed by atoms with van der Waals surface area (Å²) in [5.41, 5.74) is 6.99. The summed E-state index contributed by atoms with van der Waals surface area (Å²) < 4.78 is 5.11. The van der Waals surface area contributed by atoms with E-state index in [0.717, 1.165) is 51.3 Å². The first-order valence-corrected chi connectivity index (χ1v) is 7.53. The van der Waals surface area contributed by atoms with Crippen LogP contribution in [-0.4, -0.2) is 62.1 Å². The van der Waals surface area contributed by atoms with E-state index in [1.807, 2.05) is 35.2 Å². The molecule has 116 valence electrons. The molecule has 0 radical (unpaired) electrons. The van der Waals surface area contributed by atoms with Crippen LogP contribution in [0.4, 0.5) is 0 Å². The van der Waals surface area contributed by atoms with Gasteiger partial charge >= 0.3 is 0 Å². The number of carbonyl (C=O) groups excluding carboxylic acids is 1. The summed E-state index contributed by atoms with van der Waals surface area (Å²) in [5, 5.41) is 0. The average Bonchev–Trinajstić information content (AvgIpc) is 2.78. The van der Waals surface area contributed by atoms with Crippen molar-refractivity contribution in [2.75, 3.05) is 46.4 Å². The summed E-state index contributed by atoms with van der Waals surface area (Å²) >= 11 is 0. The lowest BCUT2D eigenvalue weighted by atomic mass is 10.1. The number of rotatable bonds is 5. The van der Waals surface area contributed by atoms with Gasteiger partial charge in [0.15, 0.2) is 0 Å². The zero-order valence-electron chi connectivity index (χ0n) is 12.7. The predicted octanol–water partition coefficient (Wildman–Crippen LogP) is 0.867. The van der Waals surface area contributed by atoms with Gasteiger partial charge in [-0.15, -0.1) is 0 Å². The molecule has 1 aliphatic rings. The van der Waals surface area contributed by atoms with Gasteiger partial charge in [0, 0.05) is 33.3 Å². The molecule has 1 heterocycles. The molecule has 1 saturated heterocycles.